The smallest absolute Gasteiger partial charge is 0.225 e. The van der Waals surface area contributed by atoms with E-state index in [0.717, 1.165) is 44.6 Å². The summed E-state index contributed by atoms with van der Waals surface area (Å²) in [5.41, 5.74) is 0. The highest BCUT2D eigenvalue weighted by atomic mass is 16.5. The molecular weight excluding hydrogens is 214 g/mol. The van der Waals surface area contributed by atoms with Crippen molar-refractivity contribution in [1.29, 1.82) is 0 Å². The van der Waals surface area contributed by atoms with Crippen LogP contribution in [0.4, 0.5) is 0 Å². The lowest BCUT2D eigenvalue weighted by atomic mass is 10.0. The summed E-state index contributed by atoms with van der Waals surface area (Å²) in [5.74, 6) is 3.15. The highest BCUT2D eigenvalue weighted by Gasteiger charge is 2.48. The molecule has 1 saturated heterocycles. The van der Waals surface area contributed by atoms with E-state index in [2.05, 4.69) is 11.8 Å². The van der Waals surface area contributed by atoms with Gasteiger partial charge in [0.05, 0.1) is 6.61 Å². The predicted molar refractivity (Wildman–Crippen MR) is 65.5 cm³/mol. The van der Waals surface area contributed by atoms with Gasteiger partial charge in [0.2, 0.25) is 5.91 Å². The zero-order valence-electron chi connectivity index (χ0n) is 10.7. The lowest BCUT2D eigenvalue weighted by Gasteiger charge is -2.27. The van der Waals surface area contributed by atoms with Crippen LogP contribution < -0.4 is 0 Å². The Morgan fingerprint density at radius 3 is 2.65 bits per heavy atom. The zero-order chi connectivity index (χ0) is 11.8. The molecule has 0 radical (unpaired) electrons. The second-order valence-corrected chi connectivity index (χ2v) is 6.03. The number of ether oxygens (including phenoxy) is 1. The van der Waals surface area contributed by atoms with Gasteiger partial charge in [-0.05, 0) is 44.4 Å². The van der Waals surface area contributed by atoms with Crippen molar-refractivity contribution in [3.63, 3.8) is 0 Å². The fraction of sp³-hybridized carbons (Fsp3) is 0.929. The van der Waals surface area contributed by atoms with Crippen LogP contribution >= 0.6 is 0 Å². The zero-order valence-corrected chi connectivity index (χ0v) is 10.7. The molecule has 0 aromatic heterocycles. The monoisotopic (exact) mass is 237 g/mol. The molecule has 1 amide bonds. The van der Waals surface area contributed by atoms with Crippen molar-refractivity contribution in [2.24, 2.45) is 23.7 Å². The van der Waals surface area contributed by atoms with E-state index in [0.29, 0.717) is 17.7 Å². The predicted octanol–water partition coefficient (Wildman–Crippen LogP) is 1.92. The quantitative estimate of drug-likeness (QED) is 0.747. The second-order valence-electron chi connectivity index (χ2n) is 6.03. The third kappa shape index (κ3) is 2.35. The fourth-order valence-electron chi connectivity index (χ4n) is 3.59. The average Bonchev–Trinajstić information content (AvgIpc) is 2.81. The Morgan fingerprint density at radius 1 is 1.29 bits per heavy atom. The van der Waals surface area contributed by atoms with Crippen molar-refractivity contribution < 1.29 is 9.53 Å². The first-order valence-corrected chi connectivity index (χ1v) is 7.14. The molecule has 0 bridgehead atoms. The second kappa shape index (κ2) is 4.60. The van der Waals surface area contributed by atoms with Crippen LogP contribution in [0.15, 0.2) is 0 Å². The first-order chi connectivity index (χ1) is 8.28. The van der Waals surface area contributed by atoms with Gasteiger partial charge in [-0.1, -0.05) is 0 Å². The lowest BCUT2D eigenvalue weighted by molar-refractivity contribution is -0.136. The molecule has 3 unspecified atom stereocenters. The van der Waals surface area contributed by atoms with E-state index in [1.54, 1.807) is 0 Å². The number of amides is 1. The van der Waals surface area contributed by atoms with Gasteiger partial charge in [0.15, 0.2) is 0 Å². The summed E-state index contributed by atoms with van der Waals surface area (Å²) < 4.78 is 5.39. The SMILES string of the molecule is CCN(CC1CCOC1)C(=O)C1CC2CC2C1. The molecule has 1 heterocycles. The van der Waals surface area contributed by atoms with Gasteiger partial charge < -0.3 is 9.64 Å². The molecule has 0 aromatic rings. The molecule has 0 aromatic carbocycles. The number of carbonyl (C=O) groups excluding carboxylic acids is 1. The summed E-state index contributed by atoms with van der Waals surface area (Å²) in [4.78, 5) is 14.5. The molecule has 17 heavy (non-hydrogen) atoms. The van der Waals surface area contributed by atoms with Crippen LogP contribution in [-0.2, 0) is 9.53 Å². The fourth-order valence-corrected chi connectivity index (χ4v) is 3.59. The van der Waals surface area contributed by atoms with E-state index in [1.807, 2.05) is 0 Å². The van der Waals surface area contributed by atoms with Gasteiger partial charge in [0.1, 0.15) is 0 Å². The van der Waals surface area contributed by atoms with Crippen molar-refractivity contribution in [1.82, 2.24) is 4.90 Å². The van der Waals surface area contributed by atoms with E-state index in [4.69, 9.17) is 4.74 Å². The molecule has 2 aliphatic carbocycles. The van der Waals surface area contributed by atoms with Crippen LogP contribution in [0.3, 0.4) is 0 Å². The number of hydrogen-bond acceptors (Lipinski definition) is 2. The van der Waals surface area contributed by atoms with E-state index in [1.165, 1.54) is 19.3 Å². The molecule has 3 nitrogen and oxygen atoms in total. The maximum Gasteiger partial charge on any atom is 0.225 e. The number of hydrogen-bond donors (Lipinski definition) is 0. The topological polar surface area (TPSA) is 29.5 Å². The van der Waals surface area contributed by atoms with Crippen LogP contribution in [0.5, 0.6) is 0 Å². The molecule has 3 fully saturated rings. The van der Waals surface area contributed by atoms with Crippen LogP contribution in [-0.4, -0.2) is 37.1 Å². The minimum Gasteiger partial charge on any atom is -0.381 e. The van der Waals surface area contributed by atoms with Gasteiger partial charge in [-0.2, -0.15) is 0 Å². The normalized spacial score (nSPS) is 39.1. The van der Waals surface area contributed by atoms with Gasteiger partial charge in [-0.3, -0.25) is 4.79 Å². The van der Waals surface area contributed by atoms with E-state index in [9.17, 15) is 4.79 Å². The highest BCUT2D eigenvalue weighted by molar-refractivity contribution is 5.79. The molecule has 1 aliphatic heterocycles. The van der Waals surface area contributed by atoms with Crippen LogP contribution in [0.1, 0.15) is 32.6 Å². The minimum absolute atomic E-state index is 0.348. The summed E-state index contributed by atoms with van der Waals surface area (Å²) in [5, 5.41) is 0. The summed E-state index contributed by atoms with van der Waals surface area (Å²) in [6.45, 7) is 5.61. The molecule has 0 N–H and O–H groups in total. The van der Waals surface area contributed by atoms with Gasteiger partial charge >= 0.3 is 0 Å². The Kier molecular flexibility index (Phi) is 3.12. The third-order valence-electron chi connectivity index (χ3n) is 4.79. The van der Waals surface area contributed by atoms with Gasteiger partial charge in [0.25, 0.3) is 0 Å². The number of carbonyl (C=O) groups is 1. The Hall–Kier alpha value is -0.570. The molecular formula is C14H23NO2. The Labute approximate surface area is 104 Å². The molecule has 2 saturated carbocycles. The minimum atomic E-state index is 0.348. The molecule has 3 atom stereocenters. The maximum atomic E-state index is 12.4. The van der Waals surface area contributed by atoms with E-state index >= 15 is 0 Å². The Morgan fingerprint density at radius 2 is 2.06 bits per heavy atom. The highest BCUT2D eigenvalue weighted by Crippen LogP contribution is 2.54. The van der Waals surface area contributed by atoms with Crippen molar-refractivity contribution >= 4 is 5.91 Å². The van der Waals surface area contributed by atoms with Crippen LogP contribution in [0.2, 0.25) is 0 Å². The molecule has 3 aliphatic rings. The standard InChI is InChI=1S/C14H23NO2/c1-2-15(8-10-3-4-17-9-10)14(16)13-6-11-5-12(11)7-13/h10-13H,2-9H2,1H3. The molecule has 0 spiro atoms. The van der Waals surface area contributed by atoms with Crippen LogP contribution in [0, 0.1) is 23.7 Å². The number of fused-ring (bicyclic) bond motifs is 1. The number of nitrogens with zero attached hydrogens (tertiary/aromatic N) is 1. The first-order valence-electron chi connectivity index (χ1n) is 7.14. The summed E-state index contributed by atoms with van der Waals surface area (Å²) >= 11 is 0. The third-order valence-corrected chi connectivity index (χ3v) is 4.79. The molecule has 3 rings (SSSR count). The Bertz CT molecular complexity index is 289. The van der Waals surface area contributed by atoms with E-state index < -0.39 is 0 Å². The Balaban J connectivity index is 1.53. The average molecular weight is 237 g/mol. The van der Waals surface area contributed by atoms with Gasteiger partial charge in [-0.15, -0.1) is 0 Å². The van der Waals surface area contributed by atoms with Crippen LogP contribution in [0.25, 0.3) is 0 Å². The van der Waals surface area contributed by atoms with Gasteiger partial charge in [0, 0.05) is 31.5 Å². The van der Waals surface area contributed by atoms with Crippen molar-refractivity contribution in [3.05, 3.63) is 0 Å². The first kappa shape index (κ1) is 11.5. The van der Waals surface area contributed by atoms with Gasteiger partial charge in [-0.25, -0.2) is 0 Å². The molecule has 3 heteroatoms. The summed E-state index contributed by atoms with van der Waals surface area (Å²) in [6, 6.07) is 0. The maximum absolute atomic E-state index is 12.4. The number of rotatable bonds is 4. The van der Waals surface area contributed by atoms with Crippen molar-refractivity contribution in [2.45, 2.75) is 32.6 Å². The lowest BCUT2D eigenvalue weighted by Crippen LogP contribution is -2.39. The summed E-state index contributed by atoms with van der Waals surface area (Å²) in [7, 11) is 0. The molecule has 96 valence electrons. The van der Waals surface area contributed by atoms with Crippen molar-refractivity contribution in [2.75, 3.05) is 26.3 Å². The van der Waals surface area contributed by atoms with E-state index in [-0.39, 0.29) is 0 Å². The van der Waals surface area contributed by atoms with Crippen molar-refractivity contribution in [3.8, 4) is 0 Å². The largest absolute Gasteiger partial charge is 0.381 e. The summed E-state index contributed by atoms with van der Waals surface area (Å²) in [6.07, 6.45) is 4.86.